The molecule has 1 heteroatoms. The molecule has 0 N–H and O–H groups in total. The Bertz CT molecular complexity index is 204. The molecule has 0 amide bonds. The van der Waals surface area contributed by atoms with Crippen molar-refractivity contribution < 1.29 is 4.74 Å². The fraction of sp³-hybridized carbons (Fsp3) is 0.364. The molecule has 0 fully saturated rings. The molecule has 1 atom stereocenters. The Morgan fingerprint density at radius 2 is 2.00 bits per heavy atom. The maximum Gasteiger partial charge on any atom is 0.0548 e. The van der Waals surface area contributed by atoms with Gasteiger partial charge in [0.2, 0.25) is 0 Å². The summed E-state index contributed by atoms with van der Waals surface area (Å²) in [5, 5.41) is 0. The van der Waals surface area contributed by atoms with Gasteiger partial charge in [0.15, 0.2) is 0 Å². The number of hydrogen-bond donors (Lipinski definition) is 0. The average molecular weight is 163 g/mol. The van der Waals surface area contributed by atoms with Crippen LogP contribution in [0.4, 0.5) is 0 Å². The second-order valence-electron chi connectivity index (χ2n) is 2.92. The van der Waals surface area contributed by atoms with E-state index in [-0.39, 0.29) is 6.10 Å². The molecule has 0 spiro atoms. The Morgan fingerprint density at radius 1 is 1.33 bits per heavy atom. The minimum absolute atomic E-state index is 0.0914. The highest BCUT2D eigenvalue weighted by atomic mass is 16.5. The van der Waals surface area contributed by atoms with Crippen molar-refractivity contribution in [3.63, 3.8) is 0 Å². The lowest BCUT2D eigenvalue weighted by molar-refractivity contribution is 0.0983. The van der Waals surface area contributed by atoms with E-state index in [1.54, 1.807) is 0 Å². The molecule has 1 aromatic rings. The standard InChI is InChI=1S/C11H15O/c1-10(2)12-9-8-11-6-4-3-5-7-11/h3-7,10H,1,8-9H2,2H3. The van der Waals surface area contributed by atoms with Crippen molar-refractivity contribution in [3.05, 3.63) is 42.8 Å². The van der Waals surface area contributed by atoms with E-state index in [2.05, 4.69) is 19.1 Å². The molecular formula is C11H15O. The minimum Gasteiger partial charge on any atom is -0.378 e. The Balaban J connectivity index is 2.25. The summed E-state index contributed by atoms with van der Waals surface area (Å²) in [5.74, 6) is 0. The van der Waals surface area contributed by atoms with Crippen LogP contribution >= 0.6 is 0 Å². The molecule has 1 unspecified atom stereocenters. The molecule has 0 aliphatic carbocycles. The maximum absolute atomic E-state index is 5.33. The van der Waals surface area contributed by atoms with E-state index in [4.69, 9.17) is 4.74 Å². The van der Waals surface area contributed by atoms with Gasteiger partial charge in [0.1, 0.15) is 0 Å². The molecule has 1 aromatic carbocycles. The van der Waals surface area contributed by atoms with Crippen LogP contribution in [0.1, 0.15) is 12.5 Å². The van der Waals surface area contributed by atoms with E-state index < -0.39 is 0 Å². The van der Waals surface area contributed by atoms with E-state index in [0.717, 1.165) is 13.0 Å². The smallest absolute Gasteiger partial charge is 0.0548 e. The predicted molar refractivity (Wildman–Crippen MR) is 50.9 cm³/mol. The van der Waals surface area contributed by atoms with Gasteiger partial charge >= 0.3 is 0 Å². The van der Waals surface area contributed by atoms with Gasteiger partial charge in [-0.2, -0.15) is 0 Å². The summed E-state index contributed by atoms with van der Waals surface area (Å²) in [5.41, 5.74) is 1.32. The zero-order valence-corrected chi connectivity index (χ0v) is 7.49. The van der Waals surface area contributed by atoms with Crippen molar-refractivity contribution in [2.24, 2.45) is 0 Å². The van der Waals surface area contributed by atoms with Crippen molar-refractivity contribution in [3.8, 4) is 0 Å². The topological polar surface area (TPSA) is 9.23 Å². The van der Waals surface area contributed by atoms with Gasteiger partial charge in [0.05, 0.1) is 12.7 Å². The van der Waals surface area contributed by atoms with Crippen LogP contribution in [0.3, 0.4) is 0 Å². The van der Waals surface area contributed by atoms with Crippen molar-refractivity contribution in [2.45, 2.75) is 19.4 Å². The first-order valence-electron chi connectivity index (χ1n) is 4.27. The number of rotatable bonds is 4. The molecule has 12 heavy (non-hydrogen) atoms. The Labute approximate surface area is 74.4 Å². The SMILES string of the molecule is [CH2]C(C)OCCc1ccccc1. The Hall–Kier alpha value is -0.820. The van der Waals surface area contributed by atoms with Crippen LogP contribution in [-0.4, -0.2) is 12.7 Å². The lowest BCUT2D eigenvalue weighted by atomic mass is 10.2. The summed E-state index contributed by atoms with van der Waals surface area (Å²) >= 11 is 0. The molecule has 0 aromatic heterocycles. The molecule has 0 aliphatic rings. The van der Waals surface area contributed by atoms with E-state index in [1.165, 1.54) is 5.56 Å². The molecule has 1 rings (SSSR count). The molecule has 1 nitrogen and oxygen atoms in total. The molecule has 0 saturated carbocycles. The van der Waals surface area contributed by atoms with Gasteiger partial charge in [0, 0.05) is 0 Å². The number of hydrogen-bond acceptors (Lipinski definition) is 1. The Morgan fingerprint density at radius 3 is 2.58 bits per heavy atom. The van der Waals surface area contributed by atoms with Gasteiger partial charge in [-0.1, -0.05) is 30.3 Å². The first-order chi connectivity index (χ1) is 5.79. The fourth-order valence-electron chi connectivity index (χ4n) is 1.02. The van der Waals surface area contributed by atoms with Crippen LogP contribution < -0.4 is 0 Å². The van der Waals surface area contributed by atoms with Crippen molar-refractivity contribution in [1.82, 2.24) is 0 Å². The zero-order valence-electron chi connectivity index (χ0n) is 7.49. The van der Waals surface area contributed by atoms with Crippen LogP contribution in [0.25, 0.3) is 0 Å². The largest absolute Gasteiger partial charge is 0.378 e. The second-order valence-corrected chi connectivity index (χ2v) is 2.92. The van der Waals surface area contributed by atoms with Gasteiger partial charge in [-0.15, -0.1) is 0 Å². The Kier molecular flexibility index (Phi) is 3.81. The molecule has 65 valence electrons. The van der Waals surface area contributed by atoms with Crippen molar-refractivity contribution >= 4 is 0 Å². The molecule has 0 aliphatic heterocycles. The van der Waals surface area contributed by atoms with Crippen LogP contribution in [0.5, 0.6) is 0 Å². The monoisotopic (exact) mass is 163 g/mol. The zero-order chi connectivity index (χ0) is 8.81. The predicted octanol–water partition coefficient (Wildman–Crippen LogP) is 2.47. The normalized spacial score (nSPS) is 10.6. The van der Waals surface area contributed by atoms with Crippen LogP contribution in [0, 0.1) is 6.92 Å². The quantitative estimate of drug-likeness (QED) is 0.662. The lowest BCUT2D eigenvalue weighted by Crippen LogP contribution is -2.06. The van der Waals surface area contributed by atoms with Crippen LogP contribution in [-0.2, 0) is 11.2 Å². The van der Waals surface area contributed by atoms with Gasteiger partial charge in [0.25, 0.3) is 0 Å². The van der Waals surface area contributed by atoms with E-state index in [0.29, 0.717) is 0 Å². The molecule has 0 bridgehead atoms. The fourth-order valence-corrected chi connectivity index (χ4v) is 1.02. The summed E-state index contributed by atoms with van der Waals surface area (Å²) in [6.07, 6.45) is 1.06. The third-order valence-corrected chi connectivity index (χ3v) is 1.64. The molecule has 0 saturated heterocycles. The first kappa shape index (κ1) is 9.27. The minimum atomic E-state index is 0.0914. The highest BCUT2D eigenvalue weighted by Gasteiger charge is 1.94. The third-order valence-electron chi connectivity index (χ3n) is 1.64. The van der Waals surface area contributed by atoms with Gasteiger partial charge in [-0.3, -0.25) is 0 Å². The first-order valence-corrected chi connectivity index (χ1v) is 4.27. The summed E-state index contributed by atoms with van der Waals surface area (Å²) in [6, 6.07) is 10.3. The summed E-state index contributed by atoms with van der Waals surface area (Å²) < 4.78 is 5.33. The maximum atomic E-state index is 5.33. The summed E-state index contributed by atoms with van der Waals surface area (Å²) in [6.45, 7) is 6.46. The third kappa shape index (κ3) is 3.54. The second kappa shape index (κ2) is 4.94. The number of benzene rings is 1. The van der Waals surface area contributed by atoms with Crippen molar-refractivity contribution in [1.29, 1.82) is 0 Å². The highest BCUT2D eigenvalue weighted by Crippen LogP contribution is 2.00. The van der Waals surface area contributed by atoms with Crippen LogP contribution in [0.2, 0.25) is 0 Å². The van der Waals surface area contributed by atoms with Gasteiger partial charge < -0.3 is 4.74 Å². The molecular weight excluding hydrogens is 148 g/mol. The molecule has 0 heterocycles. The van der Waals surface area contributed by atoms with Gasteiger partial charge in [-0.25, -0.2) is 0 Å². The van der Waals surface area contributed by atoms with Crippen LogP contribution in [0.15, 0.2) is 30.3 Å². The number of ether oxygens (including phenoxy) is 1. The van der Waals surface area contributed by atoms with Crippen molar-refractivity contribution in [2.75, 3.05) is 6.61 Å². The van der Waals surface area contributed by atoms with E-state index >= 15 is 0 Å². The van der Waals surface area contributed by atoms with E-state index in [9.17, 15) is 0 Å². The van der Waals surface area contributed by atoms with E-state index in [1.807, 2.05) is 25.1 Å². The summed E-state index contributed by atoms with van der Waals surface area (Å²) in [7, 11) is 0. The molecule has 1 radical (unpaired) electrons. The average Bonchev–Trinajstić information content (AvgIpc) is 2.05. The highest BCUT2D eigenvalue weighted by molar-refractivity contribution is 5.14. The summed E-state index contributed by atoms with van der Waals surface area (Å²) in [4.78, 5) is 0. The van der Waals surface area contributed by atoms with Gasteiger partial charge in [-0.05, 0) is 25.8 Å². The lowest BCUT2D eigenvalue weighted by Gasteiger charge is -2.06.